The van der Waals surface area contributed by atoms with Gasteiger partial charge in [-0.2, -0.15) is 5.10 Å². The van der Waals surface area contributed by atoms with Gasteiger partial charge in [0.15, 0.2) is 0 Å². The van der Waals surface area contributed by atoms with Crippen molar-refractivity contribution < 1.29 is 4.74 Å². The molecule has 0 saturated carbocycles. The van der Waals surface area contributed by atoms with Gasteiger partial charge in [-0.1, -0.05) is 0 Å². The number of aryl methyl sites for hydroxylation is 2. The maximum Gasteiger partial charge on any atom is 0.213 e. The Morgan fingerprint density at radius 3 is 2.95 bits per heavy atom. The lowest BCUT2D eigenvalue weighted by Crippen LogP contribution is -2.08. The molecule has 0 aliphatic rings. The van der Waals surface area contributed by atoms with E-state index in [9.17, 15) is 0 Å². The van der Waals surface area contributed by atoms with Crippen LogP contribution in [0.2, 0.25) is 0 Å². The molecule has 2 aromatic heterocycles. The summed E-state index contributed by atoms with van der Waals surface area (Å²) in [5.41, 5.74) is 8.63. The first-order chi connectivity index (χ1) is 9.15. The van der Waals surface area contributed by atoms with Crippen molar-refractivity contribution in [2.45, 2.75) is 26.9 Å². The summed E-state index contributed by atoms with van der Waals surface area (Å²) >= 11 is 0. The standard InChI is InChI=1S/C13H19N5O/c1-4-18-13(12(14)9(2)17-18)16-8-10-5-6-15-11(7-10)19-3/h5-7,16H,4,8,14H2,1-3H3. The van der Waals surface area contributed by atoms with Gasteiger partial charge < -0.3 is 15.8 Å². The number of nitrogens with one attached hydrogen (secondary N) is 1. The molecular weight excluding hydrogens is 242 g/mol. The smallest absolute Gasteiger partial charge is 0.213 e. The van der Waals surface area contributed by atoms with Gasteiger partial charge >= 0.3 is 0 Å². The molecule has 0 unspecified atom stereocenters. The average molecular weight is 261 g/mol. The second-order valence-electron chi connectivity index (χ2n) is 4.22. The second kappa shape index (κ2) is 5.60. The fourth-order valence-corrected chi connectivity index (χ4v) is 1.87. The summed E-state index contributed by atoms with van der Waals surface area (Å²) in [6, 6.07) is 3.83. The lowest BCUT2D eigenvalue weighted by Gasteiger charge is -2.09. The summed E-state index contributed by atoms with van der Waals surface area (Å²) in [7, 11) is 1.60. The predicted molar refractivity (Wildman–Crippen MR) is 75.2 cm³/mol. The molecule has 0 saturated heterocycles. The normalized spacial score (nSPS) is 10.5. The maximum atomic E-state index is 6.02. The SMILES string of the molecule is CCn1nc(C)c(N)c1NCc1ccnc(OC)c1. The number of methoxy groups -OCH3 is 1. The quantitative estimate of drug-likeness (QED) is 0.858. The van der Waals surface area contributed by atoms with Gasteiger partial charge in [-0.05, 0) is 25.5 Å². The molecule has 0 atom stereocenters. The van der Waals surface area contributed by atoms with Gasteiger partial charge in [0.05, 0.1) is 18.5 Å². The maximum absolute atomic E-state index is 6.02. The van der Waals surface area contributed by atoms with Crippen LogP contribution >= 0.6 is 0 Å². The lowest BCUT2D eigenvalue weighted by molar-refractivity contribution is 0.397. The number of nitrogens with zero attached hydrogens (tertiary/aromatic N) is 3. The fraction of sp³-hybridized carbons (Fsp3) is 0.385. The monoisotopic (exact) mass is 261 g/mol. The van der Waals surface area contributed by atoms with Crippen LogP contribution < -0.4 is 15.8 Å². The zero-order chi connectivity index (χ0) is 13.8. The highest BCUT2D eigenvalue weighted by molar-refractivity contribution is 5.64. The van der Waals surface area contributed by atoms with Gasteiger partial charge in [-0.3, -0.25) is 0 Å². The molecule has 2 heterocycles. The first kappa shape index (κ1) is 13.2. The molecule has 0 bridgehead atoms. The number of aromatic nitrogens is 3. The van der Waals surface area contributed by atoms with Crippen molar-refractivity contribution in [3.05, 3.63) is 29.6 Å². The van der Waals surface area contributed by atoms with E-state index >= 15 is 0 Å². The van der Waals surface area contributed by atoms with Crippen LogP contribution in [-0.2, 0) is 13.1 Å². The van der Waals surface area contributed by atoms with E-state index in [0.717, 1.165) is 23.6 Å². The minimum atomic E-state index is 0.604. The number of hydrogen-bond donors (Lipinski definition) is 2. The molecule has 102 valence electrons. The molecule has 0 fully saturated rings. The first-order valence-corrected chi connectivity index (χ1v) is 6.21. The van der Waals surface area contributed by atoms with Crippen LogP contribution in [0.1, 0.15) is 18.2 Å². The summed E-state index contributed by atoms with van der Waals surface area (Å²) in [5.74, 6) is 1.46. The van der Waals surface area contributed by atoms with E-state index in [4.69, 9.17) is 10.5 Å². The van der Waals surface area contributed by atoms with Crippen LogP contribution in [0.15, 0.2) is 18.3 Å². The number of hydrogen-bond acceptors (Lipinski definition) is 5. The molecule has 0 aliphatic heterocycles. The number of nitrogens with two attached hydrogens (primary N) is 1. The van der Waals surface area contributed by atoms with Crippen LogP contribution in [-0.4, -0.2) is 21.9 Å². The van der Waals surface area contributed by atoms with Gasteiger partial charge in [0.2, 0.25) is 5.88 Å². The Kier molecular flexibility index (Phi) is 3.89. The minimum absolute atomic E-state index is 0.604. The highest BCUT2D eigenvalue weighted by atomic mass is 16.5. The molecule has 3 N–H and O–H groups in total. The van der Waals surface area contributed by atoms with Crippen LogP contribution in [0.5, 0.6) is 5.88 Å². The zero-order valence-electron chi connectivity index (χ0n) is 11.5. The number of nitrogen functional groups attached to an aromatic ring is 1. The summed E-state index contributed by atoms with van der Waals surface area (Å²) in [6.45, 7) is 5.36. The number of pyridine rings is 1. The summed E-state index contributed by atoms with van der Waals surface area (Å²) in [6.07, 6.45) is 1.72. The van der Waals surface area contributed by atoms with Crippen molar-refractivity contribution in [1.29, 1.82) is 0 Å². The van der Waals surface area contributed by atoms with E-state index in [2.05, 4.69) is 15.4 Å². The van der Waals surface area contributed by atoms with Crippen molar-refractivity contribution in [3.8, 4) is 5.88 Å². The Balaban J connectivity index is 2.14. The molecule has 19 heavy (non-hydrogen) atoms. The molecule has 0 aliphatic carbocycles. The summed E-state index contributed by atoms with van der Waals surface area (Å²) < 4.78 is 6.96. The van der Waals surface area contributed by atoms with Crippen molar-refractivity contribution in [3.63, 3.8) is 0 Å². The summed E-state index contributed by atoms with van der Waals surface area (Å²) in [5, 5.41) is 7.68. The van der Waals surface area contributed by atoms with E-state index in [-0.39, 0.29) is 0 Å². The largest absolute Gasteiger partial charge is 0.481 e. The molecule has 6 nitrogen and oxygen atoms in total. The first-order valence-electron chi connectivity index (χ1n) is 6.21. The Morgan fingerprint density at radius 1 is 1.47 bits per heavy atom. The predicted octanol–water partition coefficient (Wildman–Crippen LogP) is 1.81. The van der Waals surface area contributed by atoms with Gasteiger partial charge in [-0.25, -0.2) is 9.67 Å². The second-order valence-corrected chi connectivity index (χ2v) is 4.22. The van der Waals surface area contributed by atoms with E-state index in [1.807, 2.05) is 30.7 Å². The van der Waals surface area contributed by atoms with Gasteiger partial charge in [0.1, 0.15) is 5.82 Å². The van der Waals surface area contributed by atoms with Gasteiger partial charge in [-0.15, -0.1) is 0 Å². The van der Waals surface area contributed by atoms with Crippen molar-refractivity contribution >= 4 is 11.5 Å². The number of ether oxygens (including phenoxy) is 1. The van der Waals surface area contributed by atoms with E-state index in [1.165, 1.54) is 0 Å². The Morgan fingerprint density at radius 2 is 2.26 bits per heavy atom. The molecule has 2 aromatic rings. The zero-order valence-corrected chi connectivity index (χ0v) is 11.5. The van der Waals surface area contributed by atoms with Gasteiger partial charge in [0, 0.05) is 25.4 Å². The Labute approximate surface area is 112 Å². The fourth-order valence-electron chi connectivity index (χ4n) is 1.87. The molecule has 2 rings (SSSR count). The molecule has 0 amide bonds. The summed E-state index contributed by atoms with van der Waals surface area (Å²) in [4.78, 5) is 4.08. The number of anilines is 2. The van der Waals surface area contributed by atoms with Crippen LogP contribution in [0, 0.1) is 6.92 Å². The molecular formula is C13H19N5O. The lowest BCUT2D eigenvalue weighted by atomic mass is 10.2. The van der Waals surface area contributed by atoms with Crippen molar-refractivity contribution in [1.82, 2.24) is 14.8 Å². The van der Waals surface area contributed by atoms with E-state index in [0.29, 0.717) is 18.1 Å². The molecule has 0 radical (unpaired) electrons. The molecule has 0 aromatic carbocycles. The highest BCUT2D eigenvalue weighted by Crippen LogP contribution is 2.23. The third-order valence-corrected chi connectivity index (χ3v) is 2.94. The van der Waals surface area contributed by atoms with Gasteiger partial charge in [0.25, 0.3) is 0 Å². The molecule has 0 spiro atoms. The van der Waals surface area contributed by atoms with Crippen molar-refractivity contribution in [2.75, 3.05) is 18.2 Å². The minimum Gasteiger partial charge on any atom is -0.481 e. The van der Waals surface area contributed by atoms with Crippen LogP contribution in [0.3, 0.4) is 0 Å². The van der Waals surface area contributed by atoms with Crippen LogP contribution in [0.4, 0.5) is 11.5 Å². The Hall–Kier alpha value is -2.24. The number of rotatable bonds is 5. The highest BCUT2D eigenvalue weighted by Gasteiger charge is 2.10. The topological polar surface area (TPSA) is 78.0 Å². The van der Waals surface area contributed by atoms with Crippen LogP contribution in [0.25, 0.3) is 0 Å². The average Bonchev–Trinajstić information content (AvgIpc) is 2.72. The van der Waals surface area contributed by atoms with E-state index in [1.54, 1.807) is 13.3 Å². The third kappa shape index (κ3) is 2.78. The van der Waals surface area contributed by atoms with Crippen molar-refractivity contribution in [2.24, 2.45) is 0 Å². The molecule has 6 heteroatoms. The third-order valence-electron chi connectivity index (χ3n) is 2.94. The van der Waals surface area contributed by atoms with E-state index < -0.39 is 0 Å². The Bertz CT molecular complexity index is 564.